The van der Waals surface area contributed by atoms with Crippen LogP contribution in [0.5, 0.6) is 5.75 Å². The van der Waals surface area contributed by atoms with Gasteiger partial charge in [-0.1, -0.05) is 0 Å². The summed E-state index contributed by atoms with van der Waals surface area (Å²) in [6.07, 6.45) is 1.80. The number of carboxylic acid groups (broad SMARTS) is 1. The molecule has 18 heavy (non-hydrogen) atoms. The molecule has 1 aliphatic heterocycles. The molecule has 0 saturated heterocycles. The van der Waals surface area contributed by atoms with Crippen LogP contribution in [0.1, 0.15) is 28.8 Å². The van der Waals surface area contributed by atoms with E-state index in [1.54, 1.807) is 18.2 Å². The van der Waals surface area contributed by atoms with Crippen molar-refractivity contribution in [1.82, 2.24) is 5.32 Å². The summed E-state index contributed by atoms with van der Waals surface area (Å²) in [5.74, 6) is -0.476. The lowest BCUT2D eigenvalue weighted by atomic mass is 10.1. The highest BCUT2D eigenvalue weighted by Crippen LogP contribution is 2.36. The summed E-state index contributed by atoms with van der Waals surface area (Å²) in [6, 6.07) is 5.20. The molecule has 0 unspecified atom stereocenters. The normalized spacial score (nSPS) is 18.7. The standard InChI is InChI=1S/C13H13NO4/c15-11(14-13(4-5-13)12(16)17)9-1-2-10-8(7-9)3-6-18-10/h1-2,7H,3-6H2,(H,14,15)(H,16,17). The van der Waals surface area contributed by atoms with Crippen LogP contribution in [0.4, 0.5) is 0 Å². The number of amides is 1. The van der Waals surface area contributed by atoms with E-state index in [1.165, 1.54) is 0 Å². The predicted octanol–water partition coefficient (Wildman–Crippen LogP) is 0.968. The van der Waals surface area contributed by atoms with E-state index >= 15 is 0 Å². The summed E-state index contributed by atoms with van der Waals surface area (Å²) in [5, 5.41) is 11.6. The molecule has 0 bridgehead atoms. The number of rotatable bonds is 3. The second-order valence-electron chi connectivity index (χ2n) is 4.76. The van der Waals surface area contributed by atoms with Crippen LogP contribution >= 0.6 is 0 Å². The van der Waals surface area contributed by atoms with Crippen LogP contribution in [0.2, 0.25) is 0 Å². The van der Waals surface area contributed by atoms with E-state index in [0.717, 1.165) is 17.7 Å². The van der Waals surface area contributed by atoms with Crippen LogP contribution < -0.4 is 10.1 Å². The Bertz CT molecular complexity index is 534. The minimum Gasteiger partial charge on any atom is -0.493 e. The van der Waals surface area contributed by atoms with Gasteiger partial charge in [0.05, 0.1) is 6.61 Å². The fraction of sp³-hybridized carbons (Fsp3) is 0.385. The summed E-state index contributed by atoms with van der Waals surface area (Å²) >= 11 is 0. The van der Waals surface area contributed by atoms with Gasteiger partial charge in [-0.25, -0.2) is 4.79 Å². The van der Waals surface area contributed by atoms with Crippen molar-refractivity contribution >= 4 is 11.9 Å². The van der Waals surface area contributed by atoms with Gasteiger partial charge in [-0.05, 0) is 36.6 Å². The Hall–Kier alpha value is -2.04. The maximum Gasteiger partial charge on any atom is 0.329 e. The van der Waals surface area contributed by atoms with Gasteiger partial charge in [0.1, 0.15) is 11.3 Å². The molecular formula is C13H13NO4. The van der Waals surface area contributed by atoms with Gasteiger partial charge in [0.25, 0.3) is 5.91 Å². The first-order valence-corrected chi connectivity index (χ1v) is 5.92. The zero-order chi connectivity index (χ0) is 12.8. The second kappa shape index (κ2) is 3.73. The average Bonchev–Trinajstić information content (AvgIpc) is 2.98. The third-order valence-corrected chi connectivity index (χ3v) is 3.46. The molecule has 5 nitrogen and oxygen atoms in total. The molecule has 0 spiro atoms. The molecular weight excluding hydrogens is 234 g/mol. The Morgan fingerprint density at radius 2 is 2.11 bits per heavy atom. The van der Waals surface area contributed by atoms with Crippen molar-refractivity contribution < 1.29 is 19.4 Å². The first-order valence-electron chi connectivity index (χ1n) is 5.92. The highest BCUT2D eigenvalue weighted by Gasteiger charge is 2.51. The summed E-state index contributed by atoms with van der Waals surface area (Å²) in [6.45, 7) is 0.638. The van der Waals surface area contributed by atoms with Crippen molar-refractivity contribution in [1.29, 1.82) is 0 Å². The molecule has 1 amide bonds. The lowest BCUT2D eigenvalue weighted by Crippen LogP contribution is -2.43. The van der Waals surface area contributed by atoms with Gasteiger partial charge in [-0.2, -0.15) is 0 Å². The number of carbonyl (C=O) groups excluding carboxylic acids is 1. The van der Waals surface area contributed by atoms with Crippen LogP contribution in [0.3, 0.4) is 0 Å². The highest BCUT2D eigenvalue weighted by atomic mass is 16.5. The molecule has 5 heteroatoms. The molecule has 0 radical (unpaired) electrons. The number of nitrogens with one attached hydrogen (secondary N) is 1. The fourth-order valence-corrected chi connectivity index (χ4v) is 2.13. The van der Waals surface area contributed by atoms with E-state index in [1.807, 2.05) is 0 Å². The van der Waals surface area contributed by atoms with Gasteiger partial charge in [0.15, 0.2) is 0 Å². The van der Waals surface area contributed by atoms with E-state index in [4.69, 9.17) is 9.84 Å². The van der Waals surface area contributed by atoms with Crippen LogP contribution in [-0.2, 0) is 11.2 Å². The Labute approximate surface area is 104 Å². The summed E-state index contributed by atoms with van der Waals surface area (Å²) in [7, 11) is 0. The number of fused-ring (bicyclic) bond motifs is 1. The fourth-order valence-electron chi connectivity index (χ4n) is 2.13. The number of benzene rings is 1. The Morgan fingerprint density at radius 1 is 1.33 bits per heavy atom. The minimum atomic E-state index is -1.04. The number of carboxylic acids is 1. The molecule has 2 N–H and O–H groups in total. The molecule has 3 rings (SSSR count). The van der Waals surface area contributed by atoms with Gasteiger partial charge in [-0.3, -0.25) is 4.79 Å². The maximum atomic E-state index is 12.0. The lowest BCUT2D eigenvalue weighted by molar-refractivity contribution is -0.140. The molecule has 1 saturated carbocycles. The number of ether oxygens (including phenoxy) is 1. The van der Waals surface area contributed by atoms with E-state index in [0.29, 0.717) is 25.0 Å². The number of hydrogen-bond acceptors (Lipinski definition) is 3. The topological polar surface area (TPSA) is 75.6 Å². The van der Waals surface area contributed by atoms with Crippen LogP contribution in [-0.4, -0.2) is 29.1 Å². The van der Waals surface area contributed by atoms with Crippen LogP contribution in [0.25, 0.3) is 0 Å². The van der Waals surface area contributed by atoms with Crippen LogP contribution in [0.15, 0.2) is 18.2 Å². The molecule has 0 aromatic heterocycles. The van der Waals surface area contributed by atoms with Crippen molar-refractivity contribution in [3.8, 4) is 5.75 Å². The Morgan fingerprint density at radius 3 is 2.78 bits per heavy atom. The second-order valence-corrected chi connectivity index (χ2v) is 4.76. The molecule has 1 fully saturated rings. The predicted molar refractivity (Wildman–Crippen MR) is 62.7 cm³/mol. The van der Waals surface area contributed by atoms with Gasteiger partial charge in [-0.15, -0.1) is 0 Å². The molecule has 0 atom stereocenters. The molecule has 2 aliphatic rings. The third-order valence-electron chi connectivity index (χ3n) is 3.46. The van der Waals surface area contributed by atoms with Crippen molar-refractivity contribution in [2.24, 2.45) is 0 Å². The molecule has 1 aromatic carbocycles. The minimum absolute atomic E-state index is 0.329. The Kier molecular flexibility index (Phi) is 2.29. The largest absolute Gasteiger partial charge is 0.493 e. The van der Waals surface area contributed by atoms with Gasteiger partial charge in [0, 0.05) is 12.0 Å². The zero-order valence-electron chi connectivity index (χ0n) is 9.73. The number of carbonyl (C=O) groups is 2. The van der Waals surface area contributed by atoms with Gasteiger partial charge < -0.3 is 15.2 Å². The molecule has 1 heterocycles. The van der Waals surface area contributed by atoms with Gasteiger partial charge >= 0.3 is 5.97 Å². The van der Waals surface area contributed by atoms with Crippen molar-refractivity contribution in [2.45, 2.75) is 24.8 Å². The van der Waals surface area contributed by atoms with E-state index in [2.05, 4.69) is 5.32 Å². The quantitative estimate of drug-likeness (QED) is 0.834. The summed E-state index contributed by atoms with van der Waals surface area (Å²) in [5.41, 5.74) is 0.460. The van der Waals surface area contributed by atoms with E-state index in [-0.39, 0.29) is 5.91 Å². The third kappa shape index (κ3) is 1.72. The average molecular weight is 247 g/mol. The van der Waals surface area contributed by atoms with E-state index in [9.17, 15) is 9.59 Å². The summed E-state index contributed by atoms with van der Waals surface area (Å²) in [4.78, 5) is 23.0. The highest BCUT2D eigenvalue weighted by molar-refractivity contribution is 5.99. The first kappa shape index (κ1) is 11.1. The molecule has 94 valence electrons. The van der Waals surface area contributed by atoms with Crippen molar-refractivity contribution in [2.75, 3.05) is 6.61 Å². The summed E-state index contributed by atoms with van der Waals surface area (Å²) < 4.78 is 5.36. The number of aliphatic carboxylic acids is 1. The number of hydrogen-bond donors (Lipinski definition) is 2. The molecule has 1 aromatic rings. The SMILES string of the molecule is O=C(NC1(C(=O)O)CC1)c1ccc2c(c1)CCO2. The van der Waals surface area contributed by atoms with Gasteiger partial charge in [0.2, 0.25) is 0 Å². The smallest absolute Gasteiger partial charge is 0.329 e. The van der Waals surface area contributed by atoms with Crippen molar-refractivity contribution in [3.05, 3.63) is 29.3 Å². The first-order chi connectivity index (χ1) is 8.61. The Balaban J connectivity index is 1.79. The van der Waals surface area contributed by atoms with Crippen molar-refractivity contribution in [3.63, 3.8) is 0 Å². The lowest BCUT2D eigenvalue weighted by Gasteiger charge is -2.12. The van der Waals surface area contributed by atoms with Crippen LogP contribution in [0, 0.1) is 0 Å². The monoisotopic (exact) mass is 247 g/mol. The maximum absolute atomic E-state index is 12.0. The molecule has 1 aliphatic carbocycles. The zero-order valence-corrected chi connectivity index (χ0v) is 9.73. The van der Waals surface area contributed by atoms with E-state index < -0.39 is 11.5 Å².